The second kappa shape index (κ2) is 6.04. The van der Waals surface area contributed by atoms with Crippen molar-refractivity contribution in [2.24, 2.45) is 11.8 Å². The van der Waals surface area contributed by atoms with Crippen molar-refractivity contribution in [1.29, 1.82) is 0 Å². The summed E-state index contributed by atoms with van der Waals surface area (Å²) in [6.45, 7) is 12.4. The Morgan fingerprint density at radius 3 is 2.28 bits per heavy atom. The third-order valence-electron chi connectivity index (χ3n) is 4.40. The molecule has 0 aromatic rings. The van der Waals surface area contributed by atoms with E-state index < -0.39 is 8.32 Å². The second-order valence-electron chi connectivity index (χ2n) is 6.89. The van der Waals surface area contributed by atoms with E-state index >= 15 is 0 Å². The zero-order valence-electron chi connectivity index (χ0n) is 12.0. The van der Waals surface area contributed by atoms with Crippen molar-refractivity contribution in [2.75, 3.05) is 12.5 Å². The molecule has 0 bridgehead atoms. The number of rotatable bonds is 6. The van der Waals surface area contributed by atoms with Crippen LogP contribution in [-0.2, 0) is 4.43 Å². The van der Waals surface area contributed by atoms with Gasteiger partial charge in [-0.2, -0.15) is 0 Å². The molecular weight excluding hydrogens is 395 g/mol. The molecule has 1 aliphatic rings. The molecule has 0 aromatic heterocycles. The first-order valence-electron chi connectivity index (χ1n) is 6.59. The molecule has 0 heterocycles. The first-order valence-corrected chi connectivity index (χ1v) is 11.6. The van der Waals surface area contributed by atoms with Gasteiger partial charge in [0.15, 0.2) is 8.32 Å². The van der Waals surface area contributed by atoms with Crippen LogP contribution in [0.25, 0.3) is 0 Å². The summed E-state index contributed by atoms with van der Waals surface area (Å²) in [7, 11) is -1.57. The predicted octanol–water partition coefficient (Wildman–Crippen LogP) is 5.76. The highest BCUT2D eigenvalue weighted by molar-refractivity contribution is 9.25. The zero-order chi connectivity index (χ0) is 14.2. The summed E-state index contributed by atoms with van der Waals surface area (Å²) in [5.41, 5.74) is 0. The third-order valence-corrected chi connectivity index (χ3v) is 11.7. The van der Waals surface area contributed by atoms with E-state index in [1.807, 2.05) is 0 Å². The molecule has 0 aromatic carbocycles. The fourth-order valence-electron chi connectivity index (χ4n) is 1.86. The summed E-state index contributed by atoms with van der Waals surface area (Å²) < 4.78 is 6.15. The van der Waals surface area contributed by atoms with Crippen LogP contribution in [-0.4, -0.2) is 24.0 Å². The Balaban J connectivity index is 2.30. The molecule has 18 heavy (non-hydrogen) atoms. The Morgan fingerprint density at radius 2 is 1.83 bits per heavy atom. The first kappa shape index (κ1) is 17.5. The monoisotopic (exact) mass is 418 g/mol. The minimum Gasteiger partial charge on any atom is -0.417 e. The largest absolute Gasteiger partial charge is 0.417 e. The van der Waals surface area contributed by atoms with Gasteiger partial charge in [-0.1, -0.05) is 52.6 Å². The van der Waals surface area contributed by atoms with Gasteiger partial charge >= 0.3 is 0 Å². The minimum atomic E-state index is -1.57. The second-order valence-corrected chi connectivity index (χ2v) is 15.9. The summed E-state index contributed by atoms with van der Waals surface area (Å²) >= 11 is 13.3. The van der Waals surface area contributed by atoms with Gasteiger partial charge in [0.05, 0.1) is 3.23 Å². The van der Waals surface area contributed by atoms with Gasteiger partial charge in [-0.05, 0) is 42.8 Å². The maximum Gasteiger partial charge on any atom is 0.191 e. The highest BCUT2D eigenvalue weighted by Crippen LogP contribution is 2.55. The van der Waals surface area contributed by atoms with Crippen molar-refractivity contribution in [3.05, 3.63) is 0 Å². The topological polar surface area (TPSA) is 9.23 Å². The lowest BCUT2D eigenvalue weighted by Gasteiger charge is -2.36. The first-order chi connectivity index (χ1) is 8.01. The van der Waals surface area contributed by atoms with E-state index in [-0.39, 0.29) is 3.23 Å². The van der Waals surface area contributed by atoms with Crippen molar-refractivity contribution in [3.8, 4) is 0 Å². The van der Waals surface area contributed by atoms with E-state index in [1.165, 1.54) is 6.42 Å². The fourth-order valence-corrected chi connectivity index (χ4v) is 4.25. The van der Waals surface area contributed by atoms with Gasteiger partial charge < -0.3 is 4.43 Å². The average Bonchev–Trinajstić information content (AvgIpc) is 2.96. The Morgan fingerprint density at radius 1 is 1.28 bits per heavy atom. The van der Waals surface area contributed by atoms with Crippen LogP contribution in [0, 0.1) is 11.8 Å². The van der Waals surface area contributed by atoms with Crippen molar-refractivity contribution in [3.63, 3.8) is 0 Å². The average molecular weight is 421 g/mol. The fraction of sp³-hybridized carbons (Fsp3) is 1.00. The quantitative estimate of drug-likeness (QED) is 0.392. The number of hydrogen-bond acceptors (Lipinski definition) is 1. The number of halogens is 3. The predicted molar refractivity (Wildman–Crippen MR) is 90.7 cm³/mol. The Labute approximate surface area is 135 Å². The molecule has 0 aliphatic heterocycles. The summed E-state index contributed by atoms with van der Waals surface area (Å²) in [6, 6.07) is 0. The van der Waals surface area contributed by atoms with Gasteiger partial charge in [-0.25, -0.2) is 0 Å². The highest BCUT2D eigenvalue weighted by Gasteiger charge is 2.49. The van der Waals surface area contributed by atoms with E-state index in [1.54, 1.807) is 0 Å². The highest BCUT2D eigenvalue weighted by atomic mass is 79.9. The number of hydrogen-bond donors (Lipinski definition) is 0. The lowest BCUT2D eigenvalue weighted by Crippen LogP contribution is -2.41. The van der Waals surface area contributed by atoms with Crippen LogP contribution >= 0.6 is 43.5 Å². The van der Waals surface area contributed by atoms with E-state index in [0.717, 1.165) is 18.9 Å². The molecule has 5 heteroatoms. The maximum atomic E-state index is 6.21. The summed E-state index contributed by atoms with van der Waals surface area (Å²) in [5, 5.41) is 0.306. The summed E-state index contributed by atoms with van der Waals surface area (Å²) in [6.07, 6.45) is 2.41. The van der Waals surface area contributed by atoms with Crippen molar-refractivity contribution in [2.45, 2.75) is 55.0 Å². The Kier molecular flexibility index (Phi) is 5.87. The Hall–Kier alpha value is 1.43. The Bertz CT molecular complexity index is 289. The summed E-state index contributed by atoms with van der Waals surface area (Å²) in [4.78, 5) is 0. The van der Waals surface area contributed by atoms with E-state index in [0.29, 0.717) is 16.8 Å². The molecule has 1 nitrogen and oxygen atoms in total. The van der Waals surface area contributed by atoms with Gasteiger partial charge in [0.1, 0.15) is 0 Å². The van der Waals surface area contributed by atoms with Crippen LogP contribution in [0.2, 0.25) is 18.1 Å². The molecule has 0 spiro atoms. The molecule has 0 radical (unpaired) electrons. The molecule has 1 fully saturated rings. The summed E-state index contributed by atoms with van der Waals surface area (Å²) in [5.74, 6) is 2.02. The third kappa shape index (κ3) is 4.47. The van der Waals surface area contributed by atoms with Crippen LogP contribution in [0.4, 0.5) is 0 Å². The van der Waals surface area contributed by atoms with E-state index in [4.69, 9.17) is 16.0 Å². The molecule has 1 saturated carbocycles. The van der Waals surface area contributed by atoms with Crippen LogP contribution in [0.3, 0.4) is 0 Å². The SMILES string of the molecule is CC(C)(C)[Si](C)(C)OCCC1CC1C(Br)(Br)CCl. The molecule has 2 unspecified atom stereocenters. The molecule has 108 valence electrons. The molecule has 1 rings (SSSR count). The zero-order valence-corrected chi connectivity index (χ0v) is 17.0. The van der Waals surface area contributed by atoms with Gasteiger partial charge in [0.25, 0.3) is 0 Å². The lowest BCUT2D eigenvalue weighted by atomic mass is 10.2. The molecule has 1 aliphatic carbocycles. The van der Waals surface area contributed by atoms with Crippen LogP contribution < -0.4 is 0 Å². The van der Waals surface area contributed by atoms with Gasteiger partial charge in [-0.15, -0.1) is 11.6 Å². The van der Waals surface area contributed by atoms with Crippen LogP contribution in [0.5, 0.6) is 0 Å². The molecular formula is C13H25Br2ClOSi. The van der Waals surface area contributed by atoms with Crippen molar-refractivity contribution < 1.29 is 4.43 Å². The van der Waals surface area contributed by atoms with E-state index in [9.17, 15) is 0 Å². The molecule has 0 N–H and O–H groups in total. The maximum absolute atomic E-state index is 6.21. The van der Waals surface area contributed by atoms with Crippen LogP contribution in [0.15, 0.2) is 0 Å². The van der Waals surface area contributed by atoms with E-state index in [2.05, 4.69) is 65.7 Å². The normalized spacial score (nSPS) is 25.3. The molecule has 0 saturated heterocycles. The van der Waals surface area contributed by atoms with Crippen LogP contribution in [0.1, 0.15) is 33.6 Å². The lowest BCUT2D eigenvalue weighted by molar-refractivity contribution is 0.272. The minimum absolute atomic E-state index is 0.0663. The smallest absolute Gasteiger partial charge is 0.191 e. The van der Waals surface area contributed by atoms with Gasteiger partial charge in [0.2, 0.25) is 0 Å². The standard InChI is InChI=1S/C13H25Br2ClOSi/c1-12(2,3)18(4,5)17-7-6-10-8-11(10)13(14,15)9-16/h10-11H,6-9H2,1-5H3. The molecule has 0 amide bonds. The number of alkyl halides is 3. The van der Waals surface area contributed by atoms with Gasteiger partial charge in [-0.3, -0.25) is 0 Å². The van der Waals surface area contributed by atoms with Crippen molar-refractivity contribution in [1.82, 2.24) is 0 Å². The molecule has 2 atom stereocenters. The van der Waals surface area contributed by atoms with Gasteiger partial charge in [0, 0.05) is 12.5 Å². The van der Waals surface area contributed by atoms with Crippen molar-refractivity contribution >= 4 is 51.8 Å².